The lowest BCUT2D eigenvalue weighted by atomic mass is 9.95. The molecule has 2 aromatic heterocycles. The van der Waals surface area contributed by atoms with Gasteiger partial charge in [-0.2, -0.15) is 0 Å². The van der Waals surface area contributed by atoms with E-state index in [-0.39, 0.29) is 5.75 Å². The Morgan fingerprint density at radius 3 is 2.59 bits per heavy atom. The first kappa shape index (κ1) is 21.6. The maximum Gasteiger partial charge on any atom is 0.306 e. The zero-order valence-corrected chi connectivity index (χ0v) is 18.3. The quantitative estimate of drug-likeness (QED) is 0.364. The normalized spacial score (nSPS) is 12.3. The van der Waals surface area contributed by atoms with E-state index >= 15 is 0 Å². The molecule has 2 heterocycles. The second-order valence-electron chi connectivity index (χ2n) is 8.35. The van der Waals surface area contributed by atoms with Gasteiger partial charge in [0, 0.05) is 17.0 Å². The van der Waals surface area contributed by atoms with Crippen molar-refractivity contribution in [3.05, 3.63) is 70.9 Å². The number of fused-ring (bicyclic) bond motifs is 3. The molecule has 1 atom stereocenters. The minimum Gasteiger partial charge on any atom is -0.508 e. The monoisotopic (exact) mass is 429 g/mol. The number of hydrogen-bond acceptors (Lipinski definition) is 5. The van der Waals surface area contributed by atoms with Crippen LogP contribution in [-0.2, 0) is 24.1 Å². The fourth-order valence-corrected chi connectivity index (χ4v) is 4.19. The lowest BCUT2D eigenvalue weighted by Gasteiger charge is -2.12. The Morgan fingerprint density at radius 1 is 1.06 bits per heavy atom. The lowest BCUT2D eigenvalue weighted by molar-refractivity contribution is -0.141. The molecule has 6 heteroatoms. The summed E-state index contributed by atoms with van der Waals surface area (Å²) in [4.78, 5) is 20.5. The molecule has 0 amide bonds. The molecule has 4 rings (SSSR count). The first-order chi connectivity index (χ1) is 15.4. The number of nitrogens with zero attached hydrogens (tertiary/aromatic N) is 2. The maximum atomic E-state index is 11.4. The van der Waals surface area contributed by atoms with Gasteiger partial charge in [-0.25, -0.2) is 4.98 Å². The fourth-order valence-electron chi connectivity index (χ4n) is 4.19. The van der Waals surface area contributed by atoms with Crippen molar-refractivity contribution >= 4 is 33.6 Å². The molecule has 6 nitrogen and oxygen atoms in total. The Bertz CT molecular complexity index is 1320. The van der Waals surface area contributed by atoms with Gasteiger partial charge in [0.1, 0.15) is 11.3 Å². The summed E-state index contributed by atoms with van der Waals surface area (Å²) < 4.78 is 0. The number of phenols is 1. The second-order valence-corrected chi connectivity index (χ2v) is 8.35. The van der Waals surface area contributed by atoms with Crippen LogP contribution in [0.25, 0.3) is 21.8 Å². The molecule has 1 unspecified atom stereocenters. The molecule has 2 aromatic carbocycles. The van der Waals surface area contributed by atoms with E-state index < -0.39 is 11.9 Å². The van der Waals surface area contributed by atoms with Crippen LogP contribution in [0.3, 0.4) is 0 Å². The number of benzene rings is 2. The third-order valence-corrected chi connectivity index (χ3v) is 6.11. The number of aromatic hydroxyl groups is 1. The van der Waals surface area contributed by atoms with Crippen molar-refractivity contribution in [3.8, 4) is 5.75 Å². The molecule has 4 aromatic rings. The van der Waals surface area contributed by atoms with Gasteiger partial charge in [0.2, 0.25) is 0 Å². The topological polar surface area (TPSA) is 109 Å². The summed E-state index contributed by atoms with van der Waals surface area (Å²) in [6, 6.07) is 13.5. The molecule has 32 heavy (non-hydrogen) atoms. The van der Waals surface area contributed by atoms with E-state index in [9.17, 15) is 15.0 Å². The predicted octanol–water partition coefficient (Wildman–Crippen LogP) is 4.82. The summed E-state index contributed by atoms with van der Waals surface area (Å²) in [5.41, 5.74) is 11.9. The molecular formula is C26H27N3O3. The molecule has 164 valence electrons. The number of carboxylic acid groups (broad SMARTS) is 1. The van der Waals surface area contributed by atoms with Gasteiger partial charge >= 0.3 is 5.97 Å². The highest BCUT2D eigenvalue weighted by Crippen LogP contribution is 2.29. The number of carbonyl (C=O) groups is 1. The summed E-state index contributed by atoms with van der Waals surface area (Å²) in [6.45, 7) is 3.88. The Balaban J connectivity index is 1.67. The van der Waals surface area contributed by atoms with Gasteiger partial charge < -0.3 is 15.9 Å². The predicted molar refractivity (Wildman–Crippen MR) is 127 cm³/mol. The van der Waals surface area contributed by atoms with Crippen LogP contribution in [0.2, 0.25) is 0 Å². The van der Waals surface area contributed by atoms with Crippen molar-refractivity contribution in [1.29, 1.82) is 0 Å². The number of anilines is 1. The smallest absolute Gasteiger partial charge is 0.306 e. The Hall–Kier alpha value is -3.67. The van der Waals surface area contributed by atoms with E-state index in [4.69, 9.17) is 5.73 Å². The van der Waals surface area contributed by atoms with Gasteiger partial charge in [-0.05, 0) is 79.1 Å². The third kappa shape index (κ3) is 4.35. The summed E-state index contributed by atoms with van der Waals surface area (Å²) in [5.74, 6) is -0.546. The van der Waals surface area contributed by atoms with Crippen molar-refractivity contribution < 1.29 is 15.0 Å². The molecule has 0 spiro atoms. The highest BCUT2D eigenvalue weighted by molar-refractivity contribution is 6.08. The van der Waals surface area contributed by atoms with E-state index in [1.165, 1.54) is 5.56 Å². The molecule has 0 fully saturated rings. The van der Waals surface area contributed by atoms with Gasteiger partial charge in [0.05, 0.1) is 11.4 Å². The Kier molecular flexibility index (Phi) is 5.95. The summed E-state index contributed by atoms with van der Waals surface area (Å²) >= 11 is 0. The van der Waals surface area contributed by atoms with Gasteiger partial charge in [0.15, 0.2) is 5.82 Å². The van der Waals surface area contributed by atoms with Crippen molar-refractivity contribution in [2.24, 2.45) is 5.92 Å². The van der Waals surface area contributed by atoms with Crippen molar-refractivity contribution in [2.45, 2.75) is 39.5 Å². The first-order valence-corrected chi connectivity index (χ1v) is 10.8. The molecule has 0 aliphatic rings. The molecule has 0 aliphatic heterocycles. The van der Waals surface area contributed by atoms with Crippen molar-refractivity contribution in [3.63, 3.8) is 0 Å². The van der Waals surface area contributed by atoms with Crippen LogP contribution in [0.5, 0.6) is 5.75 Å². The standard InChI is InChI=1S/C26H27N3O3/c1-3-18(26(31)32)11-16-5-9-21-22-12-17(4-6-19-7-8-20(30)10-15(19)2)14-28-24(22)25(27)29-23(21)13-16/h5,7-10,12-14,18,30H,3-4,6,11H2,1-2H3,(H2,27,29)(H,31,32). The average molecular weight is 430 g/mol. The van der Waals surface area contributed by atoms with Gasteiger partial charge in [-0.15, -0.1) is 0 Å². The van der Waals surface area contributed by atoms with Crippen LogP contribution in [0, 0.1) is 12.8 Å². The van der Waals surface area contributed by atoms with E-state index in [0.717, 1.165) is 45.8 Å². The molecule has 0 aliphatic carbocycles. The van der Waals surface area contributed by atoms with Crippen LogP contribution in [0.15, 0.2) is 48.7 Å². The molecular weight excluding hydrogens is 402 g/mol. The Morgan fingerprint density at radius 2 is 1.88 bits per heavy atom. The van der Waals surface area contributed by atoms with Gasteiger partial charge in [-0.3, -0.25) is 9.78 Å². The van der Waals surface area contributed by atoms with Crippen LogP contribution in [0.4, 0.5) is 5.82 Å². The molecule has 4 N–H and O–H groups in total. The number of aryl methyl sites for hydroxylation is 3. The molecule has 0 bridgehead atoms. The number of nitrogens with two attached hydrogens (primary N) is 1. The zero-order chi connectivity index (χ0) is 22.8. The van der Waals surface area contributed by atoms with Crippen LogP contribution < -0.4 is 5.73 Å². The minimum atomic E-state index is -0.781. The number of carboxylic acids is 1. The van der Waals surface area contributed by atoms with Crippen LogP contribution in [0.1, 0.15) is 35.6 Å². The minimum absolute atomic E-state index is 0.279. The zero-order valence-electron chi connectivity index (χ0n) is 18.3. The number of phenolic OH excluding ortho intramolecular Hbond substituents is 1. The van der Waals surface area contributed by atoms with E-state index in [1.54, 1.807) is 12.1 Å². The highest BCUT2D eigenvalue weighted by atomic mass is 16.4. The number of rotatable bonds is 7. The number of pyridine rings is 2. The lowest BCUT2D eigenvalue weighted by Crippen LogP contribution is -2.15. The highest BCUT2D eigenvalue weighted by Gasteiger charge is 2.16. The largest absolute Gasteiger partial charge is 0.508 e. The second kappa shape index (κ2) is 8.83. The van der Waals surface area contributed by atoms with Gasteiger partial charge in [0.25, 0.3) is 0 Å². The van der Waals surface area contributed by atoms with Crippen molar-refractivity contribution in [1.82, 2.24) is 9.97 Å². The average Bonchev–Trinajstić information content (AvgIpc) is 2.76. The first-order valence-electron chi connectivity index (χ1n) is 10.8. The number of aliphatic carboxylic acids is 1. The van der Waals surface area contributed by atoms with E-state index in [0.29, 0.717) is 24.2 Å². The third-order valence-electron chi connectivity index (χ3n) is 6.11. The number of nitrogen functional groups attached to an aromatic ring is 1. The molecule has 0 saturated heterocycles. The summed E-state index contributed by atoms with van der Waals surface area (Å²) in [6.07, 6.45) is 4.54. The van der Waals surface area contributed by atoms with Crippen LogP contribution in [-0.4, -0.2) is 26.2 Å². The number of aromatic nitrogens is 2. The van der Waals surface area contributed by atoms with E-state index in [1.807, 2.05) is 44.3 Å². The summed E-state index contributed by atoms with van der Waals surface area (Å²) in [7, 11) is 0. The van der Waals surface area contributed by atoms with E-state index in [2.05, 4.69) is 16.0 Å². The van der Waals surface area contributed by atoms with Gasteiger partial charge in [-0.1, -0.05) is 25.1 Å². The van der Waals surface area contributed by atoms with Crippen LogP contribution >= 0.6 is 0 Å². The summed E-state index contributed by atoms with van der Waals surface area (Å²) in [5, 5.41) is 20.9. The fraction of sp³-hybridized carbons (Fsp3) is 0.269. The maximum absolute atomic E-state index is 11.4. The SMILES string of the molecule is CCC(Cc1ccc2c(c1)nc(N)c1ncc(CCc3ccc(O)cc3C)cc12)C(=O)O. The Labute approximate surface area is 186 Å². The number of hydrogen-bond donors (Lipinski definition) is 3. The van der Waals surface area contributed by atoms with Crippen molar-refractivity contribution in [2.75, 3.05) is 5.73 Å². The molecule has 0 saturated carbocycles. The molecule has 0 radical (unpaired) electrons.